The van der Waals surface area contributed by atoms with Crippen LogP contribution >= 0.6 is 11.6 Å². The minimum atomic E-state index is -0.448. The molecule has 17 heavy (non-hydrogen) atoms. The van der Waals surface area contributed by atoms with E-state index in [1.807, 2.05) is 6.07 Å². The number of nitrogens with zero attached hydrogens (tertiary/aromatic N) is 1. The van der Waals surface area contributed by atoms with Crippen LogP contribution in [0.25, 0.3) is 0 Å². The van der Waals surface area contributed by atoms with Crippen molar-refractivity contribution in [3.8, 4) is 0 Å². The molecule has 1 aliphatic carbocycles. The van der Waals surface area contributed by atoms with Gasteiger partial charge in [-0.25, -0.2) is 0 Å². The zero-order valence-electron chi connectivity index (χ0n) is 9.70. The number of nitro groups is 1. The van der Waals surface area contributed by atoms with E-state index in [4.69, 9.17) is 11.6 Å². The van der Waals surface area contributed by atoms with Gasteiger partial charge in [-0.05, 0) is 37.8 Å². The molecule has 0 aromatic heterocycles. The average Bonchev–Trinajstić information content (AvgIpc) is 2.25. The SMILES string of the molecule is CC1(NCc2ccc(Cl)c([N+](=O)[O-])c2)CCC1. The van der Waals surface area contributed by atoms with Crippen LogP contribution in [0.4, 0.5) is 5.69 Å². The second kappa shape index (κ2) is 4.63. The lowest BCUT2D eigenvalue weighted by molar-refractivity contribution is -0.384. The van der Waals surface area contributed by atoms with Crippen molar-refractivity contribution in [2.24, 2.45) is 0 Å². The van der Waals surface area contributed by atoms with Crippen LogP contribution < -0.4 is 5.32 Å². The highest BCUT2D eigenvalue weighted by molar-refractivity contribution is 6.32. The number of nitro benzene ring substituents is 1. The topological polar surface area (TPSA) is 55.2 Å². The lowest BCUT2D eigenvalue weighted by Gasteiger charge is -2.39. The van der Waals surface area contributed by atoms with E-state index in [0.29, 0.717) is 6.54 Å². The van der Waals surface area contributed by atoms with Gasteiger partial charge < -0.3 is 5.32 Å². The van der Waals surface area contributed by atoms with E-state index in [0.717, 1.165) is 5.56 Å². The largest absolute Gasteiger partial charge is 0.307 e. The van der Waals surface area contributed by atoms with Crippen molar-refractivity contribution < 1.29 is 4.92 Å². The Morgan fingerprint density at radius 3 is 2.76 bits per heavy atom. The van der Waals surface area contributed by atoms with Crippen LogP contribution in [0.3, 0.4) is 0 Å². The molecule has 0 heterocycles. The minimum Gasteiger partial charge on any atom is -0.307 e. The molecule has 0 amide bonds. The zero-order chi connectivity index (χ0) is 12.5. The number of hydrogen-bond donors (Lipinski definition) is 1. The van der Waals surface area contributed by atoms with Crippen molar-refractivity contribution in [1.82, 2.24) is 5.32 Å². The van der Waals surface area contributed by atoms with Gasteiger partial charge >= 0.3 is 0 Å². The van der Waals surface area contributed by atoms with Crippen molar-refractivity contribution in [3.05, 3.63) is 38.9 Å². The Kier molecular flexibility index (Phi) is 3.35. The number of benzene rings is 1. The lowest BCUT2D eigenvalue weighted by atomic mass is 9.78. The summed E-state index contributed by atoms with van der Waals surface area (Å²) in [5, 5.41) is 14.4. The van der Waals surface area contributed by atoms with E-state index in [9.17, 15) is 10.1 Å². The van der Waals surface area contributed by atoms with Crippen LogP contribution in [0.2, 0.25) is 5.02 Å². The van der Waals surface area contributed by atoms with Gasteiger partial charge in [0.15, 0.2) is 0 Å². The molecule has 0 bridgehead atoms. The molecule has 0 spiro atoms. The third kappa shape index (κ3) is 2.76. The normalized spacial score (nSPS) is 17.5. The summed E-state index contributed by atoms with van der Waals surface area (Å²) < 4.78 is 0. The van der Waals surface area contributed by atoms with Crippen LogP contribution in [0.15, 0.2) is 18.2 Å². The summed E-state index contributed by atoms with van der Waals surface area (Å²) in [5.74, 6) is 0. The summed E-state index contributed by atoms with van der Waals surface area (Å²) in [4.78, 5) is 10.3. The van der Waals surface area contributed by atoms with Gasteiger partial charge in [-0.2, -0.15) is 0 Å². The summed E-state index contributed by atoms with van der Waals surface area (Å²) in [7, 11) is 0. The van der Waals surface area contributed by atoms with Gasteiger partial charge in [-0.15, -0.1) is 0 Å². The summed E-state index contributed by atoms with van der Waals surface area (Å²) >= 11 is 5.76. The fourth-order valence-corrected chi connectivity index (χ4v) is 2.19. The van der Waals surface area contributed by atoms with E-state index in [1.54, 1.807) is 6.07 Å². The number of halogens is 1. The van der Waals surface area contributed by atoms with Gasteiger partial charge in [0.2, 0.25) is 0 Å². The molecule has 5 heteroatoms. The van der Waals surface area contributed by atoms with Crippen LogP contribution in [0.5, 0.6) is 0 Å². The van der Waals surface area contributed by atoms with Crippen LogP contribution in [-0.2, 0) is 6.54 Å². The Morgan fingerprint density at radius 2 is 2.24 bits per heavy atom. The maximum Gasteiger partial charge on any atom is 0.288 e. The first-order valence-electron chi connectivity index (χ1n) is 5.68. The van der Waals surface area contributed by atoms with Crippen molar-refractivity contribution in [2.75, 3.05) is 0 Å². The Balaban J connectivity index is 2.06. The molecule has 1 aromatic carbocycles. The van der Waals surface area contributed by atoms with E-state index in [-0.39, 0.29) is 16.2 Å². The van der Waals surface area contributed by atoms with E-state index in [1.165, 1.54) is 25.3 Å². The molecule has 0 unspecified atom stereocenters. The quantitative estimate of drug-likeness (QED) is 0.663. The standard InChI is InChI=1S/C12H15ClN2O2/c1-12(5-2-6-12)14-8-9-3-4-10(13)11(7-9)15(16)17/h3-4,7,14H,2,5-6,8H2,1H3. The van der Waals surface area contributed by atoms with E-state index in [2.05, 4.69) is 12.2 Å². The number of hydrogen-bond acceptors (Lipinski definition) is 3. The Labute approximate surface area is 105 Å². The fourth-order valence-electron chi connectivity index (χ4n) is 2.01. The smallest absolute Gasteiger partial charge is 0.288 e. The molecular formula is C12H15ClN2O2. The predicted molar refractivity (Wildman–Crippen MR) is 67.2 cm³/mol. The van der Waals surface area contributed by atoms with Gasteiger partial charge in [0.1, 0.15) is 5.02 Å². The fraction of sp³-hybridized carbons (Fsp3) is 0.500. The molecule has 1 aliphatic rings. The Bertz CT molecular complexity index is 444. The Hall–Kier alpha value is -1.13. The molecule has 4 nitrogen and oxygen atoms in total. The van der Waals surface area contributed by atoms with Crippen molar-refractivity contribution >= 4 is 17.3 Å². The first-order chi connectivity index (χ1) is 8.00. The van der Waals surface area contributed by atoms with Crippen molar-refractivity contribution in [1.29, 1.82) is 0 Å². The molecule has 0 radical (unpaired) electrons. The monoisotopic (exact) mass is 254 g/mol. The second-order valence-corrected chi connectivity index (χ2v) is 5.22. The highest BCUT2D eigenvalue weighted by atomic mass is 35.5. The second-order valence-electron chi connectivity index (χ2n) is 4.81. The molecule has 1 N–H and O–H groups in total. The number of rotatable bonds is 4. The highest BCUT2D eigenvalue weighted by Gasteiger charge is 2.30. The predicted octanol–water partition coefficient (Wildman–Crippen LogP) is 3.28. The van der Waals surface area contributed by atoms with E-state index < -0.39 is 4.92 Å². The molecule has 2 rings (SSSR count). The van der Waals surface area contributed by atoms with Gasteiger partial charge in [0.25, 0.3) is 5.69 Å². The van der Waals surface area contributed by atoms with Crippen LogP contribution in [0, 0.1) is 10.1 Å². The summed E-state index contributed by atoms with van der Waals surface area (Å²) in [6.45, 7) is 2.83. The maximum atomic E-state index is 10.7. The number of nitrogens with one attached hydrogen (secondary N) is 1. The molecule has 0 saturated heterocycles. The van der Waals surface area contributed by atoms with Crippen LogP contribution in [0.1, 0.15) is 31.7 Å². The first kappa shape index (κ1) is 12.3. The average molecular weight is 255 g/mol. The minimum absolute atomic E-state index is 0.0234. The molecule has 0 atom stereocenters. The molecule has 1 saturated carbocycles. The zero-order valence-corrected chi connectivity index (χ0v) is 10.5. The van der Waals surface area contributed by atoms with Gasteiger partial charge in [0, 0.05) is 18.2 Å². The van der Waals surface area contributed by atoms with Crippen molar-refractivity contribution in [3.63, 3.8) is 0 Å². The molecule has 1 fully saturated rings. The summed E-state index contributed by atoms with van der Waals surface area (Å²) in [6, 6.07) is 4.95. The summed E-state index contributed by atoms with van der Waals surface area (Å²) in [6.07, 6.45) is 3.59. The molecular weight excluding hydrogens is 240 g/mol. The van der Waals surface area contributed by atoms with Gasteiger partial charge in [-0.3, -0.25) is 10.1 Å². The molecule has 92 valence electrons. The van der Waals surface area contributed by atoms with Gasteiger partial charge in [-0.1, -0.05) is 17.7 Å². The molecule has 0 aliphatic heterocycles. The lowest BCUT2D eigenvalue weighted by Crippen LogP contribution is -2.47. The summed E-state index contributed by atoms with van der Waals surface area (Å²) in [5.41, 5.74) is 1.08. The maximum absolute atomic E-state index is 10.7. The Morgan fingerprint density at radius 1 is 1.53 bits per heavy atom. The third-order valence-electron chi connectivity index (χ3n) is 3.38. The first-order valence-corrected chi connectivity index (χ1v) is 6.06. The van der Waals surface area contributed by atoms with Crippen molar-refractivity contribution in [2.45, 2.75) is 38.3 Å². The third-order valence-corrected chi connectivity index (χ3v) is 3.70. The van der Waals surface area contributed by atoms with Crippen LogP contribution in [-0.4, -0.2) is 10.5 Å². The van der Waals surface area contributed by atoms with E-state index >= 15 is 0 Å². The highest BCUT2D eigenvalue weighted by Crippen LogP contribution is 2.31. The van der Waals surface area contributed by atoms with Gasteiger partial charge in [0.05, 0.1) is 4.92 Å². The molecule has 1 aromatic rings.